The number of carbonyl (C=O) groups is 1. The van der Waals surface area contributed by atoms with Crippen LogP contribution in [-0.2, 0) is 30.5 Å². The molecule has 0 radical (unpaired) electrons. The summed E-state index contributed by atoms with van der Waals surface area (Å²) in [4.78, 5) is 15.8. The van der Waals surface area contributed by atoms with Gasteiger partial charge in [0.2, 0.25) is 0 Å². The highest BCUT2D eigenvalue weighted by molar-refractivity contribution is 5.93. The molecule has 128 valence electrons. The lowest BCUT2D eigenvalue weighted by Gasteiger charge is -2.15. The molecule has 0 saturated heterocycles. The van der Waals surface area contributed by atoms with Crippen LogP contribution >= 0.6 is 0 Å². The van der Waals surface area contributed by atoms with E-state index in [2.05, 4.69) is 15.4 Å². The predicted molar refractivity (Wildman–Crippen MR) is 77.2 cm³/mol. The van der Waals surface area contributed by atoms with Crippen LogP contribution in [0.4, 0.5) is 13.2 Å². The van der Waals surface area contributed by atoms with Crippen LogP contribution in [0.15, 0.2) is 24.5 Å². The number of alkyl halides is 3. The number of rotatable bonds is 4. The van der Waals surface area contributed by atoms with Crippen LogP contribution in [0.1, 0.15) is 27.3 Å². The van der Waals surface area contributed by atoms with E-state index in [-0.39, 0.29) is 31.2 Å². The highest BCUT2D eigenvalue weighted by Gasteiger charge is 2.39. The van der Waals surface area contributed by atoms with Gasteiger partial charge < -0.3 is 10.1 Å². The SMILES string of the molecule is O=C(NCCn1nc(C(F)(F)F)c2c1CCOC2)c1cccnc1. The van der Waals surface area contributed by atoms with Gasteiger partial charge in [0.15, 0.2) is 5.69 Å². The third-order valence-corrected chi connectivity index (χ3v) is 3.70. The van der Waals surface area contributed by atoms with Gasteiger partial charge in [-0.3, -0.25) is 14.5 Å². The van der Waals surface area contributed by atoms with Gasteiger partial charge in [-0.05, 0) is 12.1 Å². The minimum atomic E-state index is -4.52. The van der Waals surface area contributed by atoms with E-state index >= 15 is 0 Å². The first-order valence-corrected chi connectivity index (χ1v) is 7.38. The van der Waals surface area contributed by atoms with E-state index in [0.717, 1.165) is 0 Å². The Hall–Kier alpha value is -2.42. The van der Waals surface area contributed by atoms with Crippen molar-refractivity contribution in [1.29, 1.82) is 0 Å². The first-order valence-electron chi connectivity index (χ1n) is 7.38. The molecule has 0 fully saturated rings. The molecule has 0 aromatic carbocycles. The number of pyridine rings is 1. The van der Waals surface area contributed by atoms with E-state index in [1.54, 1.807) is 18.3 Å². The first-order chi connectivity index (χ1) is 11.5. The molecule has 0 saturated carbocycles. The summed E-state index contributed by atoms with van der Waals surface area (Å²) >= 11 is 0. The maximum Gasteiger partial charge on any atom is 0.435 e. The fourth-order valence-corrected chi connectivity index (χ4v) is 2.60. The molecule has 1 aliphatic rings. The average Bonchev–Trinajstić information content (AvgIpc) is 2.95. The third kappa shape index (κ3) is 3.40. The van der Waals surface area contributed by atoms with Crippen molar-refractivity contribution in [2.75, 3.05) is 13.2 Å². The monoisotopic (exact) mass is 340 g/mol. The van der Waals surface area contributed by atoms with Crippen molar-refractivity contribution in [1.82, 2.24) is 20.1 Å². The number of aromatic nitrogens is 3. The highest BCUT2D eigenvalue weighted by Crippen LogP contribution is 2.34. The molecule has 0 unspecified atom stereocenters. The van der Waals surface area contributed by atoms with E-state index in [1.165, 1.54) is 10.9 Å². The van der Waals surface area contributed by atoms with E-state index in [1.807, 2.05) is 0 Å². The van der Waals surface area contributed by atoms with Crippen LogP contribution in [0.2, 0.25) is 0 Å². The summed E-state index contributed by atoms with van der Waals surface area (Å²) in [5.41, 5.74) is 0.0942. The van der Waals surface area contributed by atoms with Crippen molar-refractivity contribution in [2.45, 2.75) is 25.7 Å². The smallest absolute Gasteiger partial charge is 0.376 e. The summed E-state index contributed by atoms with van der Waals surface area (Å²) in [5.74, 6) is -0.330. The molecule has 2 aromatic heterocycles. The molecule has 0 spiro atoms. The molecule has 1 aliphatic heterocycles. The first kappa shape index (κ1) is 16.4. The number of ether oxygens (including phenoxy) is 1. The molecule has 2 aromatic rings. The van der Waals surface area contributed by atoms with Crippen LogP contribution in [0.5, 0.6) is 0 Å². The molecule has 0 bridgehead atoms. The van der Waals surface area contributed by atoms with Gasteiger partial charge in [0, 0.05) is 36.6 Å². The number of hydrogen-bond donors (Lipinski definition) is 1. The summed E-state index contributed by atoms with van der Waals surface area (Å²) in [7, 11) is 0. The molecule has 24 heavy (non-hydrogen) atoms. The maximum atomic E-state index is 13.1. The minimum absolute atomic E-state index is 0.0901. The fraction of sp³-hybridized carbons (Fsp3) is 0.400. The Bertz CT molecular complexity index is 728. The zero-order valence-electron chi connectivity index (χ0n) is 12.6. The predicted octanol–water partition coefficient (Wildman–Crippen LogP) is 1.80. The van der Waals surface area contributed by atoms with Crippen molar-refractivity contribution < 1.29 is 22.7 Å². The van der Waals surface area contributed by atoms with Crippen molar-refractivity contribution in [3.05, 3.63) is 47.0 Å². The van der Waals surface area contributed by atoms with Crippen LogP contribution in [0.3, 0.4) is 0 Å². The van der Waals surface area contributed by atoms with Crippen LogP contribution in [-0.4, -0.2) is 33.8 Å². The summed E-state index contributed by atoms with van der Waals surface area (Å²) in [6, 6.07) is 3.24. The second-order valence-electron chi connectivity index (χ2n) is 5.29. The van der Waals surface area contributed by atoms with Gasteiger partial charge in [-0.25, -0.2) is 0 Å². The third-order valence-electron chi connectivity index (χ3n) is 3.70. The van der Waals surface area contributed by atoms with Crippen molar-refractivity contribution in [3.63, 3.8) is 0 Å². The van der Waals surface area contributed by atoms with Gasteiger partial charge >= 0.3 is 6.18 Å². The minimum Gasteiger partial charge on any atom is -0.376 e. The number of nitrogens with zero attached hydrogens (tertiary/aromatic N) is 3. The second-order valence-corrected chi connectivity index (χ2v) is 5.29. The molecule has 1 amide bonds. The zero-order valence-corrected chi connectivity index (χ0v) is 12.6. The fourth-order valence-electron chi connectivity index (χ4n) is 2.60. The van der Waals surface area contributed by atoms with Gasteiger partial charge in [-0.15, -0.1) is 0 Å². The van der Waals surface area contributed by atoms with E-state index in [4.69, 9.17) is 4.74 Å². The molecular weight excluding hydrogens is 325 g/mol. The Balaban J connectivity index is 1.69. The average molecular weight is 340 g/mol. The Morgan fingerprint density at radius 1 is 1.42 bits per heavy atom. The largest absolute Gasteiger partial charge is 0.435 e. The van der Waals surface area contributed by atoms with Gasteiger partial charge in [-0.2, -0.15) is 18.3 Å². The molecule has 3 heterocycles. The van der Waals surface area contributed by atoms with E-state index < -0.39 is 11.9 Å². The van der Waals surface area contributed by atoms with Gasteiger partial charge in [0.25, 0.3) is 5.91 Å². The van der Waals surface area contributed by atoms with Gasteiger partial charge in [-0.1, -0.05) is 0 Å². The summed E-state index contributed by atoms with van der Waals surface area (Å²) in [5, 5.41) is 6.33. The van der Waals surface area contributed by atoms with Gasteiger partial charge in [0.1, 0.15) is 0 Å². The van der Waals surface area contributed by atoms with Crippen molar-refractivity contribution in [2.24, 2.45) is 0 Å². The summed E-state index contributed by atoms with van der Waals surface area (Å²) < 4.78 is 45.6. The molecule has 0 aliphatic carbocycles. The Morgan fingerprint density at radius 3 is 2.96 bits per heavy atom. The number of nitrogens with one attached hydrogen (secondary N) is 1. The highest BCUT2D eigenvalue weighted by atomic mass is 19.4. The van der Waals surface area contributed by atoms with Crippen molar-refractivity contribution in [3.8, 4) is 0 Å². The Kier molecular flexibility index (Phi) is 4.52. The summed E-state index contributed by atoms with van der Waals surface area (Å²) in [6.07, 6.45) is -1.18. The standard InChI is InChI=1S/C15H15F3N4O2/c16-15(17,18)13-11-9-24-7-3-12(11)22(21-13)6-5-20-14(23)10-2-1-4-19-8-10/h1-2,4,8H,3,5-7,9H2,(H,20,23). The van der Waals surface area contributed by atoms with E-state index in [0.29, 0.717) is 24.3 Å². The number of carbonyl (C=O) groups excluding carboxylic acids is 1. The van der Waals surface area contributed by atoms with Crippen molar-refractivity contribution >= 4 is 5.91 Å². The normalized spacial score (nSPS) is 14.3. The van der Waals surface area contributed by atoms with Crippen LogP contribution in [0, 0.1) is 0 Å². The lowest BCUT2D eigenvalue weighted by atomic mass is 10.1. The van der Waals surface area contributed by atoms with Crippen LogP contribution in [0.25, 0.3) is 0 Å². The molecule has 0 atom stereocenters. The molecular formula is C15H15F3N4O2. The number of halogens is 3. The lowest BCUT2D eigenvalue weighted by Crippen LogP contribution is -2.28. The van der Waals surface area contributed by atoms with Gasteiger partial charge in [0.05, 0.1) is 25.3 Å². The number of amides is 1. The topological polar surface area (TPSA) is 69.0 Å². The maximum absolute atomic E-state index is 13.1. The molecule has 3 rings (SSSR count). The summed E-state index contributed by atoms with van der Waals surface area (Å²) in [6.45, 7) is 0.592. The molecule has 1 N–H and O–H groups in total. The Labute approximate surface area is 135 Å². The Morgan fingerprint density at radius 2 is 2.25 bits per heavy atom. The lowest BCUT2D eigenvalue weighted by molar-refractivity contribution is -0.142. The number of fused-ring (bicyclic) bond motifs is 1. The van der Waals surface area contributed by atoms with Crippen LogP contribution < -0.4 is 5.32 Å². The molecule has 9 heteroatoms. The quantitative estimate of drug-likeness (QED) is 0.921. The van der Waals surface area contributed by atoms with E-state index in [9.17, 15) is 18.0 Å². The second kappa shape index (κ2) is 6.60. The zero-order chi connectivity index (χ0) is 17.2. The number of hydrogen-bond acceptors (Lipinski definition) is 4. The molecule has 6 nitrogen and oxygen atoms in total.